The second-order valence-corrected chi connectivity index (χ2v) is 6.47. The molecule has 3 unspecified atom stereocenters. The molecule has 104 valence electrons. The molecule has 0 radical (unpaired) electrons. The molecule has 3 nitrogen and oxygen atoms in total. The van der Waals surface area contributed by atoms with E-state index >= 15 is 0 Å². The number of halogens is 1. The lowest BCUT2D eigenvalue weighted by Gasteiger charge is -2.38. The Balaban J connectivity index is 2.11. The first-order valence-electron chi connectivity index (χ1n) is 6.69. The molecule has 4 heteroatoms. The van der Waals surface area contributed by atoms with E-state index in [1.165, 1.54) is 5.56 Å². The van der Waals surface area contributed by atoms with Crippen LogP contribution in [0.5, 0.6) is 0 Å². The van der Waals surface area contributed by atoms with Gasteiger partial charge in [-0.2, -0.15) is 0 Å². The summed E-state index contributed by atoms with van der Waals surface area (Å²) in [6.07, 6.45) is 0.791. The summed E-state index contributed by atoms with van der Waals surface area (Å²) in [6.45, 7) is 5.91. The molecule has 19 heavy (non-hydrogen) atoms. The van der Waals surface area contributed by atoms with Gasteiger partial charge in [0, 0.05) is 23.6 Å². The van der Waals surface area contributed by atoms with E-state index in [0.29, 0.717) is 12.5 Å². The Kier molecular flexibility index (Phi) is 4.63. The lowest BCUT2D eigenvalue weighted by atomic mass is 9.89. The number of carboxylic acid groups (broad SMARTS) is 1. The average molecular weight is 326 g/mol. The van der Waals surface area contributed by atoms with E-state index in [-0.39, 0.29) is 12.0 Å². The predicted molar refractivity (Wildman–Crippen MR) is 79.0 cm³/mol. The van der Waals surface area contributed by atoms with Crippen molar-refractivity contribution in [1.29, 1.82) is 0 Å². The highest BCUT2D eigenvalue weighted by Gasteiger charge is 2.31. The van der Waals surface area contributed by atoms with Crippen LogP contribution in [0, 0.1) is 11.8 Å². The first-order chi connectivity index (χ1) is 8.97. The fourth-order valence-electron chi connectivity index (χ4n) is 2.84. The van der Waals surface area contributed by atoms with Gasteiger partial charge >= 0.3 is 5.97 Å². The van der Waals surface area contributed by atoms with Gasteiger partial charge in [-0.05, 0) is 37.0 Å². The molecule has 0 bridgehead atoms. The lowest BCUT2D eigenvalue weighted by Crippen LogP contribution is -2.43. The molecule has 0 spiro atoms. The zero-order valence-corrected chi connectivity index (χ0v) is 12.9. The van der Waals surface area contributed by atoms with Crippen LogP contribution in [0.1, 0.15) is 31.9 Å². The SMILES string of the molecule is CC1CC(C(=O)O)CN(C(C)c2ccc(Br)cc2)C1. The van der Waals surface area contributed by atoms with E-state index < -0.39 is 5.97 Å². The predicted octanol–water partition coefficient (Wildman–Crippen LogP) is 3.55. The molecular weight excluding hydrogens is 306 g/mol. The molecule has 1 heterocycles. The molecule has 1 N–H and O–H groups in total. The Morgan fingerprint density at radius 2 is 2.00 bits per heavy atom. The third-order valence-corrected chi connectivity index (χ3v) is 4.47. The number of nitrogens with zero attached hydrogens (tertiary/aromatic N) is 1. The normalized spacial score (nSPS) is 26.1. The quantitative estimate of drug-likeness (QED) is 0.923. The number of piperidine rings is 1. The maximum absolute atomic E-state index is 11.2. The van der Waals surface area contributed by atoms with Crippen molar-refractivity contribution >= 4 is 21.9 Å². The van der Waals surface area contributed by atoms with Crippen molar-refractivity contribution in [2.75, 3.05) is 13.1 Å². The molecule has 1 aromatic carbocycles. The number of rotatable bonds is 3. The first-order valence-corrected chi connectivity index (χ1v) is 7.49. The van der Waals surface area contributed by atoms with Crippen LogP contribution in [0.25, 0.3) is 0 Å². The summed E-state index contributed by atoms with van der Waals surface area (Å²) >= 11 is 3.44. The summed E-state index contributed by atoms with van der Waals surface area (Å²) < 4.78 is 1.07. The molecular formula is C15H20BrNO2. The highest BCUT2D eigenvalue weighted by molar-refractivity contribution is 9.10. The van der Waals surface area contributed by atoms with E-state index in [4.69, 9.17) is 0 Å². The number of carbonyl (C=O) groups is 1. The van der Waals surface area contributed by atoms with Crippen molar-refractivity contribution in [3.05, 3.63) is 34.3 Å². The lowest BCUT2D eigenvalue weighted by molar-refractivity contribution is -0.144. The van der Waals surface area contributed by atoms with Gasteiger partial charge in [-0.15, -0.1) is 0 Å². The van der Waals surface area contributed by atoms with Crippen LogP contribution in [0.15, 0.2) is 28.7 Å². The van der Waals surface area contributed by atoms with Gasteiger partial charge in [0.15, 0.2) is 0 Å². The Hall–Kier alpha value is -0.870. The average Bonchev–Trinajstić information content (AvgIpc) is 2.38. The van der Waals surface area contributed by atoms with Crippen LogP contribution in [-0.2, 0) is 4.79 Å². The molecule has 1 saturated heterocycles. The standard InChI is InChI=1S/C15H20BrNO2/c1-10-7-13(15(18)19)9-17(8-10)11(2)12-3-5-14(16)6-4-12/h3-6,10-11,13H,7-9H2,1-2H3,(H,18,19). The Morgan fingerprint density at radius 3 is 2.58 bits per heavy atom. The summed E-state index contributed by atoms with van der Waals surface area (Å²) in [7, 11) is 0. The fourth-order valence-corrected chi connectivity index (χ4v) is 3.10. The number of likely N-dealkylation sites (tertiary alicyclic amines) is 1. The molecule has 1 fully saturated rings. The van der Waals surface area contributed by atoms with Gasteiger partial charge < -0.3 is 5.11 Å². The summed E-state index contributed by atoms with van der Waals surface area (Å²) in [5, 5.41) is 9.23. The molecule has 0 saturated carbocycles. The molecule has 0 aliphatic carbocycles. The van der Waals surface area contributed by atoms with Crippen molar-refractivity contribution in [2.24, 2.45) is 11.8 Å². The Labute approximate surface area is 122 Å². The summed E-state index contributed by atoms with van der Waals surface area (Å²) in [6, 6.07) is 8.53. The van der Waals surface area contributed by atoms with E-state index in [0.717, 1.165) is 17.4 Å². The minimum absolute atomic E-state index is 0.235. The van der Waals surface area contributed by atoms with E-state index in [9.17, 15) is 9.90 Å². The number of benzene rings is 1. The van der Waals surface area contributed by atoms with E-state index in [1.54, 1.807) is 0 Å². The van der Waals surface area contributed by atoms with Crippen molar-refractivity contribution in [3.63, 3.8) is 0 Å². The van der Waals surface area contributed by atoms with E-state index in [2.05, 4.69) is 46.8 Å². The van der Waals surface area contributed by atoms with Gasteiger partial charge in [-0.25, -0.2) is 0 Å². The van der Waals surface area contributed by atoms with Gasteiger partial charge in [-0.1, -0.05) is 35.0 Å². The second kappa shape index (κ2) is 6.06. The molecule has 0 amide bonds. The summed E-state index contributed by atoms with van der Waals surface area (Å²) in [5.74, 6) is -0.464. The van der Waals surface area contributed by atoms with Crippen molar-refractivity contribution in [3.8, 4) is 0 Å². The van der Waals surface area contributed by atoms with Gasteiger partial charge in [0.1, 0.15) is 0 Å². The van der Waals surface area contributed by atoms with Crippen molar-refractivity contribution < 1.29 is 9.90 Å². The molecule has 3 atom stereocenters. The minimum atomic E-state index is -0.667. The van der Waals surface area contributed by atoms with Crippen LogP contribution in [0.2, 0.25) is 0 Å². The Bertz CT molecular complexity index is 446. The van der Waals surface area contributed by atoms with Crippen LogP contribution in [0.4, 0.5) is 0 Å². The molecule has 0 aromatic heterocycles. The smallest absolute Gasteiger partial charge is 0.307 e. The van der Waals surface area contributed by atoms with Gasteiger partial charge in [0.2, 0.25) is 0 Å². The maximum atomic E-state index is 11.2. The molecule has 1 aromatic rings. The fraction of sp³-hybridized carbons (Fsp3) is 0.533. The van der Waals surface area contributed by atoms with Crippen LogP contribution in [0.3, 0.4) is 0 Å². The second-order valence-electron chi connectivity index (χ2n) is 5.56. The largest absolute Gasteiger partial charge is 0.481 e. The van der Waals surface area contributed by atoms with Crippen molar-refractivity contribution in [1.82, 2.24) is 4.90 Å². The maximum Gasteiger partial charge on any atom is 0.307 e. The van der Waals surface area contributed by atoms with Crippen LogP contribution >= 0.6 is 15.9 Å². The number of hydrogen-bond acceptors (Lipinski definition) is 2. The van der Waals surface area contributed by atoms with Gasteiger partial charge in [-0.3, -0.25) is 9.69 Å². The van der Waals surface area contributed by atoms with Gasteiger partial charge in [0.05, 0.1) is 5.92 Å². The molecule has 1 aliphatic heterocycles. The number of carboxylic acids is 1. The number of aliphatic carboxylic acids is 1. The van der Waals surface area contributed by atoms with Crippen LogP contribution in [-0.4, -0.2) is 29.1 Å². The van der Waals surface area contributed by atoms with E-state index in [1.807, 2.05) is 12.1 Å². The number of hydrogen-bond donors (Lipinski definition) is 1. The molecule has 1 aliphatic rings. The zero-order chi connectivity index (χ0) is 14.0. The third kappa shape index (κ3) is 3.57. The zero-order valence-electron chi connectivity index (χ0n) is 11.3. The monoisotopic (exact) mass is 325 g/mol. The highest BCUT2D eigenvalue weighted by atomic mass is 79.9. The topological polar surface area (TPSA) is 40.5 Å². The van der Waals surface area contributed by atoms with Crippen LogP contribution < -0.4 is 0 Å². The first kappa shape index (κ1) is 14.5. The van der Waals surface area contributed by atoms with Gasteiger partial charge in [0.25, 0.3) is 0 Å². The minimum Gasteiger partial charge on any atom is -0.481 e. The summed E-state index contributed by atoms with van der Waals surface area (Å²) in [5.41, 5.74) is 1.24. The summed E-state index contributed by atoms with van der Waals surface area (Å²) in [4.78, 5) is 13.5. The Morgan fingerprint density at radius 1 is 1.37 bits per heavy atom. The highest BCUT2D eigenvalue weighted by Crippen LogP contribution is 2.29. The third-order valence-electron chi connectivity index (χ3n) is 3.94. The van der Waals surface area contributed by atoms with Crippen molar-refractivity contribution in [2.45, 2.75) is 26.3 Å². The molecule has 2 rings (SSSR count).